The van der Waals surface area contributed by atoms with Crippen LogP contribution in [0.15, 0.2) is 18.2 Å². The van der Waals surface area contributed by atoms with Crippen molar-refractivity contribution in [2.45, 2.75) is 46.1 Å². The molecule has 1 aromatic carbocycles. The van der Waals surface area contributed by atoms with E-state index in [1.54, 1.807) is 0 Å². The van der Waals surface area contributed by atoms with E-state index in [4.69, 9.17) is 0 Å². The maximum Gasteiger partial charge on any atom is 0.108 e. The standard InChI is InChI=1S/C15H23N3/c1-10(2)12-5-6-13-14(9-12)18-15(17-13)7-8-16-11(3)4/h5-6,9-11,16H,7-8H2,1-4H3,(H,17,18). The van der Waals surface area contributed by atoms with E-state index in [1.165, 1.54) is 5.56 Å². The first-order valence-electron chi connectivity index (χ1n) is 6.78. The molecule has 0 saturated heterocycles. The lowest BCUT2D eigenvalue weighted by Crippen LogP contribution is -2.25. The molecule has 0 saturated carbocycles. The van der Waals surface area contributed by atoms with Crippen LogP contribution >= 0.6 is 0 Å². The van der Waals surface area contributed by atoms with Crippen molar-refractivity contribution < 1.29 is 0 Å². The van der Waals surface area contributed by atoms with Crippen LogP contribution < -0.4 is 5.32 Å². The molecule has 0 atom stereocenters. The summed E-state index contributed by atoms with van der Waals surface area (Å²) in [5, 5.41) is 3.41. The van der Waals surface area contributed by atoms with Crippen LogP contribution in [0.4, 0.5) is 0 Å². The smallest absolute Gasteiger partial charge is 0.108 e. The molecule has 0 amide bonds. The van der Waals surface area contributed by atoms with Gasteiger partial charge in [-0.25, -0.2) is 4.98 Å². The molecular weight excluding hydrogens is 222 g/mol. The number of H-pyrrole nitrogens is 1. The lowest BCUT2D eigenvalue weighted by molar-refractivity contribution is 0.585. The number of fused-ring (bicyclic) bond motifs is 1. The largest absolute Gasteiger partial charge is 0.342 e. The minimum absolute atomic E-state index is 0.530. The Morgan fingerprint density at radius 3 is 2.67 bits per heavy atom. The van der Waals surface area contributed by atoms with Crippen molar-refractivity contribution in [3.8, 4) is 0 Å². The SMILES string of the molecule is CC(C)NCCc1nc2ccc(C(C)C)cc2[nH]1. The highest BCUT2D eigenvalue weighted by atomic mass is 14.9. The molecule has 98 valence electrons. The minimum Gasteiger partial charge on any atom is -0.342 e. The number of imidazole rings is 1. The number of aromatic nitrogens is 2. The van der Waals surface area contributed by atoms with E-state index in [0.717, 1.165) is 29.8 Å². The zero-order chi connectivity index (χ0) is 13.1. The third kappa shape index (κ3) is 3.10. The number of rotatable bonds is 5. The first-order chi connectivity index (χ1) is 8.56. The average Bonchev–Trinajstić information content (AvgIpc) is 2.69. The van der Waals surface area contributed by atoms with Gasteiger partial charge in [0.25, 0.3) is 0 Å². The van der Waals surface area contributed by atoms with Crippen LogP contribution in [0.3, 0.4) is 0 Å². The number of hydrogen-bond acceptors (Lipinski definition) is 2. The molecule has 0 bridgehead atoms. The summed E-state index contributed by atoms with van der Waals surface area (Å²) in [6, 6.07) is 7.03. The van der Waals surface area contributed by atoms with Crippen LogP contribution in [-0.4, -0.2) is 22.6 Å². The number of aromatic amines is 1. The van der Waals surface area contributed by atoms with Crippen molar-refractivity contribution in [1.29, 1.82) is 0 Å². The monoisotopic (exact) mass is 245 g/mol. The van der Waals surface area contributed by atoms with E-state index in [9.17, 15) is 0 Å². The van der Waals surface area contributed by atoms with Gasteiger partial charge >= 0.3 is 0 Å². The minimum atomic E-state index is 0.530. The number of benzene rings is 1. The van der Waals surface area contributed by atoms with Crippen molar-refractivity contribution >= 4 is 11.0 Å². The van der Waals surface area contributed by atoms with Crippen LogP contribution in [0.1, 0.15) is 45.0 Å². The van der Waals surface area contributed by atoms with E-state index in [0.29, 0.717) is 12.0 Å². The molecule has 0 aliphatic carbocycles. The van der Waals surface area contributed by atoms with Crippen LogP contribution in [0.25, 0.3) is 11.0 Å². The highest BCUT2D eigenvalue weighted by Crippen LogP contribution is 2.19. The summed E-state index contributed by atoms with van der Waals surface area (Å²) in [6.45, 7) is 9.71. The molecule has 0 spiro atoms. The van der Waals surface area contributed by atoms with Crippen molar-refractivity contribution in [2.75, 3.05) is 6.54 Å². The van der Waals surface area contributed by atoms with Gasteiger partial charge in [0.1, 0.15) is 5.82 Å². The Bertz CT molecular complexity index is 511. The Morgan fingerprint density at radius 1 is 1.22 bits per heavy atom. The molecule has 0 fully saturated rings. The van der Waals surface area contributed by atoms with Crippen LogP contribution in [0.5, 0.6) is 0 Å². The van der Waals surface area contributed by atoms with Crippen molar-refractivity contribution in [3.63, 3.8) is 0 Å². The molecule has 3 heteroatoms. The molecule has 0 unspecified atom stereocenters. The number of nitrogens with one attached hydrogen (secondary N) is 2. The Hall–Kier alpha value is -1.35. The molecule has 2 aromatic rings. The molecular formula is C15H23N3. The van der Waals surface area contributed by atoms with Gasteiger partial charge in [-0.3, -0.25) is 0 Å². The molecule has 1 aromatic heterocycles. The normalized spacial score (nSPS) is 11.9. The lowest BCUT2D eigenvalue weighted by Gasteiger charge is -2.05. The fraction of sp³-hybridized carbons (Fsp3) is 0.533. The number of hydrogen-bond donors (Lipinski definition) is 2. The molecule has 2 rings (SSSR count). The highest BCUT2D eigenvalue weighted by molar-refractivity contribution is 5.76. The Kier molecular flexibility index (Phi) is 4.02. The molecule has 2 N–H and O–H groups in total. The molecule has 3 nitrogen and oxygen atoms in total. The lowest BCUT2D eigenvalue weighted by atomic mass is 10.0. The second kappa shape index (κ2) is 5.53. The second-order valence-electron chi connectivity index (χ2n) is 5.47. The fourth-order valence-corrected chi connectivity index (χ4v) is 2.04. The van der Waals surface area contributed by atoms with Gasteiger partial charge in [-0.2, -0.15) is 0 Å². The van der Waals surface area contributed by atoms with Crippen LogP contribution in [-0.2, 0) is 6.42 Å². The van der Waals surface area contributed by atoms with Gasteiger partial charge < -0.3 is 10.3 Å². The van der Waals surface area contributed by atoms with E-state index < -0.39 is 0 Å². The summed E-state index contributed by atoms with van der Waals surface area (Å²) in [7, 11) is 0. The van der Waals surface area contributed by atoms with Gasteiger partial charge in [-0.05, 0) is 23.6 Å². The summed E-state index contributed by atoms with van der Waals surface area (Å²) in [5.41, 5.74) is 3.58. The Morgan fingerprint density at radius 2 is 2.00 bits per heavy atom. The second-order valence-corrected chi connectivity index (χ2v) is 5.47. The van der Waals surface area contributed by atoms with Gasteiger partial charge in [0.2, 0.25) is 0 Å². The van der Waals surface area contributed by atoms with Crippen LogP contribution in [0.2, 0.25) is 0 Å². The van der Waals surface area contributed by atoms with Gasteiger partial charge in [-0.1, -0.05) is 33.8 Å². The quantitative estimate of drug-likeness (QED) is 0.849. The zero-order valence-electron chi connectivity index (χ0n) is 11.7. The van der Waals surface area contributed by atoms with Gasteiger partial charge in [0.15, 0.2) is 0 Å². The molecule has 1 heterocycles. The summed E-state index contributed by atoms with van der Waals surface area (Å²) in [4.78, 5) is 8.03. The summed E-state index contributed by atoms with van der Waals surface area (Å²) in [5.74, 6) is 1.63. The number of nitrogens with zero attached hydrogens (tertiary/aromatic N) is 1. The maximum atomic E-state index is 4.61. The van der Waals surface area contributed by atoms with E-state index in [-0.39, 0.29) is 0 Å². The van der Waals surface area contributed by atoms with Crippen molar-refractivity contribution in [3.05, 3.63) is 29.6 Å². The van der Waals surface area contributed by atoms with E-state index in [2.05, 4.69) is 61.2 Å². The maximum absolute atomic E-state index is 4.61. The average molecular weight is 245 g/mol. The first-order valence-corrected chi connectivity index (χ1v) is 6.78. The predicted octanol–water partition coefficient (Wildman–Crippen LogP) is 3.23. The van der Waals surface area contributed by atoms with Crippen molar-refractivity contribution in [1.82, 2.24) is 15.3 Å². The van der Waals surface area contributed by atoms with Gasteiger partial charge in [0, 0.05) is 19.0 Å². The molecule has 0 radical (unpaired) electrons. The van der Waals surface area contributed by atoms with Crippen LogP contribution in [0, 0.1) is 0 Å². The highest BCUT2D eigenvalue weighted by Gasteiger charge is 2.05. The first kappa shape index (κ1) is 13.1. The third-order valence-electron chi connectivity index (χ3n) is 3.14. The van der Waals surface area contributed by atoms with Gasteiger partial charge in [0.05, 0.1) is 11.0 Å². The molecule has 18 heavy (non-hydrogen) atoms. The zero-order valence-corrected chi connectivity index (χ0v) is 11.7. The summed E-state index contributed by atoms with van der Waals surface area (Å²) in [6.07, 6.45) is 0.948. The summed E-state index contributed by atoms with van der Waals surface area (Å²) < 4.78 is 0. The molecule has 0 aliphatic heterocycles. The summed E-state index contributed by atoms with van der Waals surface area (Å²) >= 11 is 0. The molecule has 0 aliphatic rings. The van der Waals surface area contributed by atoms with E-state index >= 15 is 0 Å². The Labute approximate surface area is 109 Å². The van der Waals surface area contributed by atoms with E-state index in [1.807, 2.05) is 0 Å². The van der Waals surface area contributed by atoms with Crippen molar-refractivity contribution in [2.24, 2.45) is 0 Å². The third-order valence-corrected chi connectivity index (χ3v) is 3.14. The fourth-order valence-electron chi connectivity index (χ4n) is 2.04. The Balaban J connectivity index is 2.12. The van der Waals surface area contributed by atoms with Gasteiger partial charge in [-0.15, -0.1) is 0 Å². The predicted molar refractivity (Wildman–Crippen MR) is 77.0 cm³/mol. The topological polar surface area (TPSA) is 40.7 Å².